The van der Waals surface area contributed by atoms with Gasteiger partial charge < -0.3 is 18.9 Å². The molecule has 4 aliphatic carbocycles. The molecule has 0 radical (unpaired) electrons. The van der Waals surface area contributed by atoms with E-state index in [0.717, 1.165) is 155 Å². The zero-order chi connectivity index (χ0) is 81.9. The summed E-state index contributed by atoms with van der Waals surface area (Å²) in [4.78, 5) is 78.0. The van der Waals surface area contributed by atoms with Crippen molar-refractivity contribution >= 4 is 89.0 Å². The number of carbonyl (C=O) groups is 4. The Morgan fingerprint density at radius 1 is 0.221 bits per heavy atom. The molecule has 0 fully saturated rings. The third-order valence-corrected chi connectivity index (χ3v) is 25.8. The molecule has 4 heterocycles. The summed E-state index contributed by atoms with van der Waals surface area (Å²) in [5, 5.41) is 8.54. The number of esters is 4. The van der Waals surface area contributed by atoms with E-state index < -0.39 is 21.7 Å². The predicted molar refractivity (Wildman–Crippen MR) is 481 cm³/mol. The molecule has 4 unspecified atom stereocenters. The monoisotopic (exact) mass is 1580 g/mol. The second-order valence-corrected chi connectivity index (χ2v) is 32.6. The van der Waals surface area contributed by atoms with Crippen LogP contribution in [0, 0.1) is 0 Å². The lowest BCUT2D eigenvalue weighted by atomic mass is 9.59. The molecule has 12 nitrogen and oxygen atoms in total. The number of carbonyl (C=O) groups excluding carboxylic acids is 4. The van der Waals surface area contributed by atoms with Crippen LogP contribution in [-0.2, 0) is 40.8 Å². The number of pyridine rings is 4. The minimum Gasteiger partial charge on any atom is -0.427 e. The van der Waals surface area contributed by atoms with E-state index in [1.807, 2.05) is 133 Å². The van der Waals surface area contributed by atoms with Gasteiger partial charge in [-0.15, -0.1) is 0 Å². The topological polar surface area (TPSA) is 157 Å². The summed E-state index contributed by atoms with van der Waals surface area (Å²) in [6.45, 7) is 0. The summed E-state index contributed by atoms with van der Waals surface area (Å²) in [5.74, 6) is 0.811. The maximum atomic E-state index is 14.2. The first-order valence-electron chi connectivity index (χ1n) is 41.9. The molecule has 122 heavy (non-hydrogen) atoms. The lowest BCUT2D eigenvalue weighted by Gasteiger charge is -2.42. The fraction of sp³-hybridized carbons (Fsp3) is 0.127. The molecule has 0 aliphatic heterocycles. The normalized spacial score (nSPS) is 17.1. The van der Waals surface area contributed by atoms with Crippen LogP contribution in [0.3, 0.4) is 0 Å². The SMILES string of the molecule is O=C(CCC1(CC2(CCC(=O)Oc3ccccc3)c3cc4ccccc4nc3-c3c2ccc2ccccc32)c2cc3ccccc3nc2-c2c1ccc1ccccc21)Oc1ccccc1.O=C(CCC1(CC2(CCC(=O)Oc3ccccc3)c3ccccc3-c3nc4ccccc4cc32)c2ccccc2-c2nc3ccccc3cc21)Oc1ccccc1. The Morgan fingerprint density at radius 2 is 0.467 bits per heavy atom. The van der Waals surface area contributed by atoms with E-state index in [1.54, 1.807) is 24.3 Å². The molecular weight excluding hydrogens is 1510 g/mol. The summed E-state index contributed by atoms with van der Waals surface area (Å²) in [6.07, 6.45) is 3.39. The maximum Gasteiger partial charge on any atom is 0.311 e. The molecule has 588 valence electrons. The van der Waals surface area contributed by atoms with E-state index in [9.17, 15) is 19.2 Å². The predicted octanol–water partition coefficient (Wildman–Crippen LogP) is 24.7. The van der Waals surface area contributed by atoms with Gasteiger partial charge in [0.2, 0.25) is 0 Å². The fourth-order valence-electron chi connectivity index (χ4n) is 20.5. The zero-order valence-corrected chi connectivity index (χ0v) is 66.8. The Morgan fingerprint density at radius 3 is 0.787 bits per heavy atom. The summed E-state index contributed by atoms with van der Waals surface area (Å²) in [6, 6.07) is 122. The molecule has 18 aromatic rings. The van der Waals surface area contributed by atoms with Gasteiger partial charge in [0, 0.05) is 91.1 Å². The number of hydrogen-bond donors (Lipinski definition) is 0. The summed E-state index contributed by atoms with van der Waals surface area (Å²) in [7, 11) is 0. The van der Waals surface area contributed by atoms with Crippen molar-refractivity contribution in [1.82, 2.24) is 19.9 Å². The second-order valence-electron chi connectivity index (χ2n) is 32.6. The van der Waals surface area contributed by atoms with Gasteiger partial charge in [0.25, 0.3) is 0 Å². The molecule has 22 rings (SSSR count). The van der Waals surface area contributed by atoms with Gasteiger partial charge in [0.1, 0.15) is 23.0 Å². The standard InChI is InChI=1S/C59H42N2O4.C51H38N2O4/c62-52(64-42-19-3-1-4-20-42)31-33-58(46-29-27-38-15-7-11-23-44(38)54(46)56-48(58)35-40-17-9-13-25-50(40)60-56)37-59(34-32-53(63)65-43-21-5-2-6-22-43)47-30-28-39-16-8-12-24-45(39)55(47)57-49(59)36-41-18-10-14-26-51(41)61-57;54-46(56-36-17-3-1-4-18-36)27-29-50(40-23-11-9-21-38(40)48-42(50)31-34-15-7-13-25-44(34)52-48)33-51(30-28-47(55)57-37-19-5-2-6-20-37)41-24-12-10-22-39(41)49-43(51)32-35-16-8-14-26-45(35)53-49/h1-30,35-36H,31-34,37H2;1-26,31-32H,27-30,33H2. The molecule has 0 saturated heterocycles. The quantitative estimate of drug-likeness (QED) is 0.0526. The zero-order valence-electron chi connectivity index (χ0n) is 66.8. The lowest BCUT2D eigenvalue weighted by Crippen LogP contribution is -2.39. The van der Waals surface area contributed by atoms with E-state index >= 15 is 0 Å². The number of nitrogens with zero attached hydrogens (tertiary/aromatic N) is 4. The summed E-state index contributed by atoms with van der Waals surface area (Å²) >= 11 is 0. The van der Waals surface area contributed by atoms with Gasteiger partial charge in [-0.25, -0.2) is 19.9 Å². The van der Waals surface area contributed by atoms with Crippen LogP contribution in [0.2, 0.25) is 0 Å². The number of para-hydroxylation sites is 8. The Balaban J connectivity index is 0.000000152. The van der Waals surface area contributed by atoms with Crippen LogP contribution >= 0.6 is 0 Å². The van der Waals surface area contributed by atoms with Gasteiger partial charge in [-0.1, -0.05) is 267 Å². The van der Waals surface area contributed by atoms with Gasteiger partial charge in [-0.05, 0) is 202 Å². The first kappa shape index (κ1) is 74.7. The third kappa shape index (κ3) is 13.1. The maximum absolute atomic E-state index is 14.2. The van der Waals surface area contributed by atoms with Crippen LogP contribution < -0.4 is 18.9 Å². The Hall–Kier alpha value is -14.9. The van der Waals surface area contributed by atoms with Crippen molar-refractivity contribution in [2.24, 2.45) is 0 Å². The van der Waals surface area contributed by atoms with Crippen molar-refractivity contribution in [3.63, 3.8) is 0 Å². The van der Waals surface area contributed by atoms with E-state index in [1.165, 1.54) is 0 Å². The summed E-state index contributed by atoms with van der Waals surface area (Å²) in [5.41, 5.74) is 17.2. The van der Waals surface area contributed by atoms with Crippen molar-refractivity contribution < 1.29 is 38.1 Å². The van der Waals surface area contributed by atoms with E-state index in [0.29, 0.717) is 61.5 Å². The highest BCUT2D eigenvalue weighted by molar-refractivity contribution is 6.06. The smallest absolute Gasteiger partial charge is 0.311 e. The molecule has 14 aromatic carbocycles. The van der Waals surface area contributed by atoms with Gasteiger partial charge in [0.15, 0.2) is 0 Å². The van der Waals surface area contributed by atoms with Crippen LogP contribution in [0.1, 0.15) is 109 Å². The van der Waals surface area contributed by atoms with Crippen molar-refractivity contribution in [3.05, 3.63) is 408 Å². The molecule has 0 spiro atoms. The van der Waals surface area contributed by atoms with E-state index in [2.05, 4.69) is 206 Å². The number of hydrogen-bond acceptors (Lipinski definition) is 12. The van der Waals surface area contributed by atoms with Gasteiger partial charge in [0.05, 0.1) is 44.8 Å². The Kier molecular flexibility index (Phi) is 18.8. The van der Waals surface area contributed by atoms with Gasteiger partial charge in [-0.2, -0.15) is 0 Å². The average molecular weight is 1590 g/mol. The van der Waals surface area contributed by atoms with Crippen molar-refractivity contribution in [2.45, 2.75) is 85.9 Å². The van der Waals surface area contributed by atoms with Crippen molar-refractivity contribution in [1.29, 1.82) is 0 Å². The highest BCUT2D eigenvalue weighted by Crippen LogP contribution is 2.66. The Bertz CT molecular complexity index is 6800. The van der Waals surface area contributed by atoms with Crippen molar-refractivity contribution in [2.75, 3.05) is 0 Å². The first-order chi connectivity index (χ1) is 60.0. The molecular formula is C110H80N4O8. The molecule has 4 aromatic heterocycles. The Labute approximate surface area is 705 Å². The summed E-state index contributed by atoms with van der Waals surface area (Å²) < 4.78 is 24.0. The number of fused-ring (bicyclic) bond motifs is 20. The molecule has 4 atom stereocenters. The molecule has 4 aliphatic rings. The largest absolute Gasteiger partial charge is 0.427 e. The van der Waals surface area contributed by atoms with Crippen LogP contribution in [0.5, 0.6) is 23.0 Å². The highest BCUT2D eigenvalue weighted by Gasteiger charge is 2.57. The van der Waals surface area contributed by atoms with Gasteiger partial charge in [-0.3, -0.25) is 19.2 Å². The molecule has 12 heteroatoms. The van der Waals surface area contributed by atoms with Crippen LogP contribution in [0.25, 0.3) is 110 Å². The van der Waals surface area contributed by atoms with Crippen LogP contribution in [0.4, 0.5) is 0 Å². The lowest BCUT2D eigenvalue weighted by molar-refractivity contribution is -0.135. The van der Waals surface area contributed by atoms with Crippen molar-refractivity contribution in [3.8, 4) is 68.0 Å². The highest BCUT2D eigenvalue weighted by atomic mass is 16.5. The molecule has 0 saturated carbocycles. The minimum absolute atomic E-state index is 0.132. The van der Waals surface area contributed by atoms with Crippen LogP contribution in [0.15, 0.2) is 364 Å². The number of aromatic nitrogens is 4. The molecule has 0 bridgehead atoms. The minimum atomic E-state index is -0.805. The van der Waals surface area contributed by atoms with E-state index in [-0.39, 0.29) is 49.6 Å². The third-order valence-electron chi connectivity index (χ3n) is 25.8. The van der Waals surface area contributed by atoms with Crippen LogP contribution in [-0.4, -0.2) is 43.8 Å². The van der Waals surface area contributed by atoms with Gasteiger partial charge >= 0.3 is 23.9 Å². The second kappa shape index (κ2) is 30.8. The van der Waals surface area contributed by atoms with E-state index in [4.69, 9.17) is 38.9 Å². The molecule has 0 amide bonds. The number of benzene rings is 14. The fourth-order valence-corrected chi connectivity index (χ4v) is 20.5. The number of rotatable bonds is 20. The average Bonchev–Trinajstić information content (AvgIpc) is 1.52. The first-order valence-corrected chi connectivity index (χ1v) is 41.9. The molecule has 0 N–H and O–H groups in total. The number of ether oxygens (including phenoxy) is 4.